The van der Waals surface area contributed by atoms with Gasteiger partial charge >= 0.3 is 95.2 Å². The molecule has 0 spiro atoms. The summed E-state index contributed by atoms with van der Waals surface area (Å²) in [6.45, 7) is 2.24. The normalized spacial score (nSPS) is 14.8. The topological polar surface area (TPSA) is 17.1 Å². The Bertz CT molecular complexity index is 208. The first kappa shape index (κ1) is 12.4. The molecule has 0 radical (unpaired) electrons. The fourth-order valence-corrected chi connectivity index (χ4v) is 6.58. The van der Waals surface area contributed by atoms with Gasteiger partial charge in [-0.2, -0.15) is 0 Å². The van der Waals surface area contributed by atoms with Gasteiger partial charge in [0.1, 0.15) is 0 Å². The summed E-state index contributed by atoms with van der Waals surface area (Å²) in [6.07, 6.45) is 12.5. The van der Waals surface area contributed by atoms with E-state index in [2.05, 4.69) is 13.0 Å². The van der Waals surface area contributed by atoms with E-state index in [0.717, 1.165) is 10.9 Å². The van der Waals surface area contributed by atoms with Crippen molar-refractivity contribution in [3.05, 3.63) is 9.67 Å². The first-order chi connectivity index (χ1) is 6.84. The quantitative estimate of drug-likeness (QED) is 0.489. The van der Waals surface area contributed by atoms with Crippen molar-refractivity contribution in [3.63, 3.8) is 0 Å². The van der Waals surface area contributed by atoms with Crippen molar-refractivity contribution in [3.8, 4) is 0 Å². The van der Waals surface area contributed by atoms with Gasteiger partial charge in [-0.15, -0.1) is 0 Å². The number of hydrogen-bond donors (Lipinski definition) is 0. The third-order valence-corrected chi connectivity index (χ3v) is 8.57. The molecule has 1 aliphatic rings. The maximum atomic E-state index is 11.7. The Hall–Kier alpha value is 0.339. The summed E-state index contributed by atoms with van der Waals surface area (Å²) < 4.78 is 14.2. The molecule has 0 fully saturated rings. The summed E-state index contributed by atoms with van der Waals surface area (Å²) >= 11 is -2.19. The second-order valence-electron chi connectivity index (χ2n) is 4.21. The van der Waals surface area contributed by atoms with Crippen LogP contribution in [0.25, 0.3) is 0 Å². The van der Waals surface area contributed by atoms with Gasteiger partial charge in [-0.1, -0.05) is 0 Å². The Morgan fingerprint density at radius 1 is 1.21 bits per heavy atom. The summed E-state index contributed by atoms with van der Waals surface area (Å²) in [5.74, 6) is 0. The van der Waals surface area contributed by atoms with Crippen LogP contribution in [0.15, 0.2) is 9.67 Å². The zero-order valence-electron chi connectivity index (χ0n) is 9.35. The van der Waals surface area contributed by atoms with Gasteiger partial charge in [-0.05, 0) is 0 Å². The van der Waals surface area contributed by atoms with Crippen LogP contribution in [-0.2, 0) is 3.08 Å². The van der Waals surface area contributed by atoms with Crippen molar-refractivity contribution in [1.29, 1.82) is 0 Å². The maximum absolute atomic E-state index is 11.7. The van der Waals surface area contributed by atoms with Gasteiger partial charge in [0.15, 0.2) is 0 Å². The standard InChI is InChI=1S/C8H17.C4H5.O.Sn/c1-3-5-7-8-6-4-2;1-2-4-3-1;;/h1,3-8H2,2H3;1H,2,4H2;;. The number of hydrogen-bond acceptors (Lipinski definition) is 1. The summed E-state index contributed by atoms with van der Waals surface area (Å²) in [5, 5.41) is 0. The number of rotatable bonds is 8. The molecule has 1 rings (SSSR count). The molecular formula is C12H22OSn. The van der Waals surface area contributed by atoms with Crippen molar-refractivity contribution in [2.75, 3.05) is 0 Å². The molecule has 0 aromatic heterocycles. The molecular weight excluding hydrogens is 279 g/mol. The van der Waals surface area contributed by atoms with Crippen LogP contribution in [0, 0.1) is 0 Å². The first-order valence-electron chi connectivity index (χ1n) is 6.07. The van der Waals surface area contributed by atoms with Gasteiger partial charge in [0, 0.05) is 0 Å². The zero-order valence-corrected chi connectivity index (χ0v) is 12.2. The third-order valence-electron chi connectivity index (χ3n) is 2.92. The van der Waals surface area contributed by atoms with Crippen molar-refractivity contribution in [2.45, 2.75) is 62.7 Å². The molecule has 80 valence electrons. The third kappa shape index (κ3) is 4.72. The Labute approximate surface area is 95.1 Å². The summed E-state index contributed by atoms with van der Waals surface area (Å²) in [4.78, 5) is 0. The Morgan fingerprint density at radius 3 is 2.43 bits per heavy atom. The van der Waals surface area contributed by atoms with Crippen molar-refractivity contribution < 1.29 is 3.08 Å². The van der Waals surface area contributed by atoms with E-state index in [1.165, 1.54) is 48.5 Å². The predicted molar refractivity (Wildman–Crippen MR) is 61.9 cm³/mol. The second-order valence-corrected chi connectivity index (χ2v) is 9.88. The zero-order chi connectivity index (χ0) is 10.2. The van der Waals surface area contributed by atoms with Crippen LogP contribution in [0.4, 0.5) is 0 Å². The summed E-state index contributed by atoms with van der Waals surface area (Å²) in [5.41, 5.74) is 0. The minimum atomic E-state index is -2.19. The van der Waals surface area contributed by atoms with Crippen LogP contribution in [0.5, 0.6) is 0 Å². The minimum absolute atomic E-state index is 1.07. The van der Waals surface area contributed by atoms with Gasteiger partial charge in [-0.25, -0.2) is 0 Å². The average molecular weight is 301 g/mol. The van der Waals surface area contributed by atoms with E-state index < -0.39 is 19.7 Å². The molecule has 14 heavy (non-hydrogen) atoms. The Balaban J connectivity index is 1.90. The second kappa shape index (κ2) is 7.61. The molecule has 0 amide bonds. The monoisotopic (exact) mass is 302 g/mol. The van der Waals surface area contributed by atoms with Crippen LogP contribution < -0.4 is 0 Å². The van der Waals surface area contributed by atoms with Gasteiger partial charge in [0.05, 0.1) is 0 Å². The van der Waals surface area contributed by atoms with E-state index in [1.807, 2.05) is 0 Å². The molecule has 0 heterocycles. The molecule has 1 nitrogen and oxygen atoms in total. The number of unbranched alkanes of at least 4 members (excludes halogenated alkanes) is 5. The molecule has 0 aliphatic heterocycles. The molecule has 2 heteroatoms. The average Bonchev–Trinajstić information content (AvgIpc) is 2.08. The molecule has 0 bridgehead atoms. The first-order valence-corrected chi connectivity index (χ1v) is 10.7. The van der Waals surface area contributed by atoms with Crippen molar-refractivity contribution in [2.24, 2.45) is 0 Å². The SMILES string of the molecule is CCCCCCC[CH2][Sn](=[O])[C]1=CCC1. The molecule has 0 aromatic carbocycles. The molecule has 0 N–H and O–H groups in total. The summed E-state index contributed by atoms with van der Waals surface area (Å²) in [7, 11) is 0. The van der Waals surface area contributed by atoms with Gasteiger partial charge in [0.2, 0.25) is 0 Å². The van der Waals surface area contributed by atoms with E-state index in [4.69, 9.17) is 0 Å². The predicted octanol–water partition coefficient (Wildman–Crippen LogP) is 4.03. The number of allylic oxidation sites excluding steroid dienone is 2. The van der Waals surface area contributed by atoms with Gasteiger partial charge in [-0.3, -0.25) is 0 Å². The van der Waals surface area contributed by atoms with Crippen LogP contribution in [0.1, 0.15) is 58.3 Å². The van der Waals surface area contributed by atoms with Gasteiger partial charge in [0.25, 0.3) is 0 Å². The van der Waals surface area contributed by atoms with Gasteiger partial charge < -0.3 is 0 Å². The Kier molecular flexibility index (Phi) is 6.74. The molecule has 0 saturated carbocycles. The van der Waals surface area contributed by atoms with E-state index in [9.17, 15) is 3.08 Å². The Morgan fingerprint density at radius 2 is 1.86 bits per heavy atom. The van der Waals surface area contributed by atoms with Crippen LogP contribution in [0.2, 0.25) is 4.44 Å². The molecule has 0 unspecified atom stereocenters. The fourth-order valence-electron chi connectivity index (χ4n) is 1.77. The van der Waals surface area contributed by atoms with Crippen molar-refractivity contribution in [1.82, 2.24) is 0 Å². The molecule has 0 saturated heterocycles. The van der Waals surface area contributed by atoms with E-state index >= 15 is 0 Å². The van der Waals surface area contributed by atoms with E-state index in [1.54, 1.807) is 0 Å². The van der Waals surface area contributed by atoms with Crippen LogP contribution in [-0.4, -0.2) is 19.7 Å². The molecule has 1 aliphatic carbocycles. The van der Waals surface area contributed by atoms with E-state index in [0.29, 0.717) is 0 Å². The van der Waals surface area contributed by atoms with Crippen LogP contribution in [0.3, 0.4) is 0 Å². The van der Waals surface area contributed by atoms with E-state index in [-0.39, 0.29) is 0 Å². The van der Waals surface area contributed by atoms with Crippen molar-refractivity contribution >= 4 is 19.7 Å². The molecule has 0 aromatic rings. The summed E-state index contributed by atoms with van der Waals surface area (Å²) in [6, 6.07) is 0. The van der Waals surface area contributed by atoms with Crippen LogP contribution >= 0.6 is 0 Å². The fraction of sp³-hybridized carbons (Fsp3) is 0.833. The molecule has 0 atom stereocenters.